The zero-order chi connectivity index (χ0) is 10.1. The molecule has 13 heavy (non-hydrogen) atoms. The highest BCUT2D eigenvalue weighted by atomic mass is 32.2. The van der Waals surface area contributed by atoms with Gasteiger partial charge in [-0.05, 0) is 6.92 Å². The second-order valence-electron chi connectivity index (χ2n) is 2.19. The fraction of sp³-hybridized carbons (Fsp3) is 0.857. The van der Waals surface area contributed by atoms with Crippen LogP contribution in [-0.4, -0.2) is 47.9 Å². The molecule has 5 nitrogen and oxygen atoms in total. The highest BCUT2D eigenvalue weighted by Crippen LogP contribution is 2.03. The summed E-state index contributed by atoms with van der Waals surface area (Å²) in [6, 6.07) is 0. The van der Waals surface area contributed by atoms with Crippen LogP contribution < -0.4 is 0 Å². The van der Waals surface area contributed by atoms with Gasteiger partial charge in [0.05, 0.1) is 19.8 Å². The van der Waals surface area contributed by atoms with Crippen LogP contribution in [0.15, 0.2) is 0 Å². The van der Waals surface area contributed by atoms with E-state index in [1.165, 1.54) is 0 Å². The molecule has 0 aliphatic rings. The van der Waals surface area contributed by atoms with Gasteiger partial charge in [0, 0.05) is 12.0 Å². The lowest BCUT2D eigenvalue weighted by atomic mass is 10.4. The van der Waals surface area contributed by atoms with Crippen LogP contribution in [0.25, 0.3) is 0 Å². The van der Waals surface area contributed by atoms with Crippen molar-refractivity contribution in [1.82, 2.24) is 0 Å². The Kier molecular flexibility index (Phi) is 8.11. The van der Waals surface area contributed by atoms with Crippen LogP contribution in [0.2, 0.25) is 0 Å². The summed E-state index contributed by atoms with van der Waals surface area (Å²) in [6.45, 7) is 1.72. The van der Waals surface area contributed by atoms with Gasteiger partial charge in [0.1, 0.15) is 11.9 Å². The predicted octanol–water partition coefficient (Wildman–Crippen LogP) is -0.432. The molecule has 0 heterocycles. The van der Waals surface area contributed by atoms with E-state index < -0.39 is 6.10 Å². The fourth-order valence-corrected chi connectivity index (χ4v) is 0.988. The smallest absolute Gasteiger partial charge is 0.318 e. The van der Waals surface area contributed by atoms with Gasteiger partial charge in [0.15, 0.2) is 0 Å². The molecule has 1 atom stereocenters. The largest absolute Gasteiger partial charge is 0.465 e. The Balaban J connectivity index is 3.20. The van der Waals surface area contributed by atoms with Gasteiger partial charge in [0.25, 0.3) is 0 Å². The van der Waals surface area contributed by atoms with Crippen molar-refractivity contribution in [1.29, 1.82) is 0 Å². The highest BCUT2D eigenvalue weighted by Gasteiger charge is 2.05. The van der Waals surface area contributed by atoms with Crippen molar-refractivity contribution >= 4 is 18.0 Å². The summed E-state index contributed by atoms with van der Waals surface area (Å²) < 4.78 is 9.43. The summed E-state index contributed by atoms with van der Waals surface area (Å²) in [7, 11) is 0. The molecule has 0 bridgehead atoms. The summed E-state index contributed by atoms with van der Waals surface area (Å²) in [6.07, 6.45) is -0.894. The number of esters is 1. The molecule has 0 saturated heterocycles. The van der Waals surface area contributed by atoms with E-state index in [0.717, 1.165) is 12.0 Å². The maximum absolute atomic E-state index is 10.7. The summed E-state index contributed by atoms with van der Waals surface area (Å²) in [5, 5.41) is 17.2. The first-order valence-corrected chi connectivity index (χ1v) is 4.80. The topological polar surface area (TPSA) is 76.0 Å². The number of rotatable bonds is 7. The first kappa shape index (κ1) is 12.7. The molecule has 0 amide bonds. The number of ether oxygens (including phenoxy) is 1. The van der Waals surface area contributed by atoms with Gasteiger partial charge in [-0.15, -0.1) is 0 Å². The average molecular weight is 210 g/mol. The standard InChI is InChI=1S/C7H14O5S/c1-2-11-7(10)5-13-12-4-6(9)3-8/h6,8-9H,2-5H2,1H3. The Labute approximate surface area is 81.2 Å². The number of carbonyl (C=O) groups excluding carboxylic acids is 1. The second kappa shape index (κ2) is 8.31. The van der Waals surface area contributed by atoms with Crippen LogP contribution in [-0.2, 0) is 13.7 Å². The van der Waals surface area contributed by atoms with Crippen molar-refractivity contribution in [3.63, 3.8) is 0 Å². The number of aliphatic hydroxyl groups is 2. The van der Waals surface area contributed by atoms with Crippen LogP contribution >= 0.6 is 12.0 Å². The second-order valence-corrected chi connectivity index (χ2v) is 2.95. The van der Waals surface area contributed by atoms with Crippen molar-refractivity contribution in [3.8, 4) is 0 Å². The minimum absolute atomic E-state index is 0.000567. The van der Waals surface area contributed by atoms with E-state index in [-0.39, 0.29) is 24.9 Å². The van der Waals surface area contributed by atoms with Gasteiger partial charge >= 0.3 is 5.97 Å². The molecule has 6 heteroatoms. The van der Waals surface area contributed by atoms with Gasteiger partial charge in [0.2, 0.25) is 0 Å². The quantitative estimate of drug-likeness (QED) is 0.337. The lowest BCUT2D eigenvalue weighted by Gasteiger charge is -2.06. The van der Waals surface area contributed by atoms with E-state index in [2.05, 4.69) is 4.74 Å². The van der Waals surface area contributed by atoms with Crippen LogP contribution in [0, 0.1) is 0 Å². The van der Waals surface area contributed by atoms with Crippen LogP contribution in [0.5, 0.6) is 0 Å². The first-order valence-electron chi connectivity index (χ1n) is 3.89. The van der Waals surface area contributed by atoms with Crippen LogP contribution in [0.1, 0.15) is 6.92 Å². The molecule has 0 spiro atoms. The fourth-order valence-electron chi connectivity index (χ4n) is 0.472. The van der Waals surface area contributed by atoms with E-state index in [4.69, 9.17) is 14.4 Å². The van der Waals surface area contributed by atoms with Gasteiger partial charge in [-0.3, -0.25) is 4.79 Å². The number of hydrogen-bond acceptors (Lipinski definition) is 6. The molecule has 2 N–H and O–H groups in total. The predicted molar refractivity (Wildman–Crippen MR) is 48.1 cm³/mol. The summed E-state index contributed by atoms with van der Waals surface area (Å²) in [4.78, 5) is 10.7. The summed E-state index contributed by atoms with van der Waals surface area (Å²) >= 11 is 0.899. The highest BCUT2D eigenvalue weighted by molar-refractivity contribution is 7.95. The van der Waals surface area contributed by atoms with Gasteiger partial charge < -0.3 is 19.1 Å². The van der Waals surface area contributed by atoms with E-state index in [1.54, 1.807) is 6.92 Å². The third-order valence-corrected chi connectivity index (χ3v) is 1.69. The van der Waals surface area contributed by atoms with Gasteiger partial charge in [-0.1, -0.05) is 0 Å². The molecule has 78 valence electrons. The zero-order valence-corrected chi connectivity index (χ0v) is 8.25. The van der Waals surface area contributed by atoms with E-state index in [1.807, 2.05) is 0 Å². The minimum Gasteiger partial charge on any atom is -0.465 e. The van der Waals surface area contributed by atoms with Crippen molar-refractivity contribution in [2.45, 2.75) is 13.0 Å². The number of hydrogen-bond donors (Lipinski definition) is 2. The van der Waals surface area contributed by atoms with Crippen LogP contribution in [0.4, 0.5) is 0 Å². The Morgan fingerprint density at radius 2 is 2.31 bits per heavy atom. The molecule has 0 radical (unpaired) electrons. The molecular weight excluding hydrogens is 196 g/mol. The number of aliphatic hydroxyl groups excluding tert-OH is 2. The van der Waals surface area contributed by atoms with Crippen LogP contribution in [0.3, 0.4) is 0 Å². The Morgan fingerprint density at radius 3 is 2.85 bits per heavy atom. The van der Waals surface area contributed by atoms with E-state index >= 15 is 0 Å². The molecule has 0 aromatic rings. The molecule has 0 aromatic carbocycles. The molecule has 0 aliphatic carbocycles. The third-order valence-electron chi connectivity index (χ3n) is 1.04. The van der Waals surface area contributed by atoms with Crippen molar-refractivity contribution < 1.29 is 23.9 Å². The Hall–Kier alpha value is -0.300. The lowest BCUT2D eigenvalue weighted by Crippen LogP contribution is -2.18. The van der Waals surface area contributed by atoms with E-state index in [0.29, 0.717) is 6.61 Å². The van der Waals surface area contributed by atoms with Crippen molar-refractivity contribution in [2.24, 2.45) is 0 Å². The maximum Gasteiger partial charge on any atom is 0.318 e. The first-order chi connectivity index (χ1) is 6.20. The third kappa shape index (κ3) is 8.04. The molecule has 0 aromatic heterocycles. The summed E-state index contributed by atoms with van der Waals surface area (Å²) in [5.74, 6) is -0.266. The Bertz CT molecular complexity index is 141. The lowest BCUT2D eigenvalue weighted by molar-refractivity contribution is -0.139. The molecular formula is C7H14O5S. The van der Waals surface area contributed by atoms with Crippen molar-refractivity contribution in [2.75, 3.05) is 25.6 Å². The summed E-state index contributed by atoms with van der Waals surface area (Å²) in [5.41, 5.74) is 0. The van der Waals surface area contributed by atoms with E-state index in [9.17, 15) is 4.79 Å². The SMILES string of the molecule is CCOC(=O)CSOCC(O)CO. The minimum atomic E-state index is -0.894. The molecule has 0 aliphatic heterocycles. The van der Waals surface area contributed by atoms with Gasteiger partial charge in [-0.25, -0.2) is 0 Å². The monoisotopic (exact) mass is 210 g/mol. The zero-order valence-electron chi connectivity index (χ0n) is 7.43. The normalized spacial score (nSPS) is 12.5. The van der Waals surface area contributed by atoms with Crippen molar-refractivity contribution in [3.05, 3.63) is 0 Å². The maximum atomic E-state index is 10.7. The average Bonchev–Trinajstić information content (AvgIpc) is 2.12. The number of carbonyl (C=O) groups is 1. The molecule has 0 rings (SSSR count). The molecule has 1 unspecified atom stereocenters. The van der Waals surface area contributed by atoms with Gasteiger partial charge in [-0.2, -0.15) is 0 Å². The molecule has 0 saturated carbocycles. The molecule has 0 fully saturated rings. The Morgan fingerprint density at radius 1 is 1.62 bits per heavy atom.